The first-order valence-corrected chi connectivity index (χ1v) is 14.9. The summed E-state index contributed by atoms with van der Waals surface area (Å²) in [7, 11) is 4.07. The number of anilines is 1. The molecule has 0 fully saturated rings. The molecule has 3 heterocycles. The average Bonchev–Trinajstić information content (AvgIpc) is 3.04. The van der Waals surface area contributed by atoms with Crippen molar-refractivity contribution >= 4 is 28.4 Å². The van der Waals surface area contributed by atoms with Crippen LogP contribution in [0, 0.1) is 0 Å². The van der Waals surface area contributed by atoms with Crippen LogP contribution in [0.5, 0.6) is 17.2 Å². The van der Waals surface area contributed by atoms with E-state index in [1.165, 1.54) is 16.8 Å². The fraction of sp³-hybridized carbons (Fsp3) is 0.229. The number of ether oxygens (including phenoxy) is 2. The van der Waals surface area contributed by atoms with E-state index in [4.69, 9.17) is 9.47 Å². The van der Waals surface area contributed by atoms with Crippen LogP contribution in [0.3, 0.4) is 0 Å². The molecule has 2 aromatic carbocycles. The summed E-state index contributed by atoms with van der Waals surface area (Å²) < 4.78 is 13.5. The maximum Gasteiger partial charge on any atom is 0.268 e. The van der Waals surface area contributed by atoms with Gasteiger partial charge in [0, 0.05) is 47.6 Å². The molecule has 0 aliphatic heterocycles. The lowest BCUT2D eigenvalue weighted by Crippen LogP contribution is -2.33. The molecule has 0 radical (unpaired) electrons. The zero-order valence-electron chi connectivity index (χ0n) is 25.2. The van der Waals surface area contributed by atoms with Crippen molar-refractivity contribution in [2.75, 3.05) is 32.6 Å². The van der Waals surface area contributed by atoms with Crippen molar-refractivity contribution < 1.29 is 19.1 Å². The Morgan fingerprint density at radius 3 is 2.56 bits per heavy atom. The molecule has 228 valence electrons. The van der Waals surface area contributed by atoms with E-state index in [1.54, 1.807) is 36.5 Å². The summed E-state index contributed by atoms with van der Waals surface area (Å²) >= 11 is 0. The Hall–Kier alpha value is -5.35. The molecular weight excluding hydrogens is 570 g/mol. The number of carbonyl (C=O) groups is 2. The first kappa shape index (κ1) is 29.7. The number of benzene rings is 2. The van der Waals surface area contributed by atoms with Crippen molar-refractivity contribution in [1.29, 1.82) is 0 Å². The Morgan fingerprint density at radius 1 is 0.956 bits per heavy atom. The largest absolute Gasteiger partial charge is 0.493 e. The fourth-order valence-electron chi connectivity index (χ4n) is 5.38. The summed E-state index contributed by atoms with van der Waals surface area (Å²) in [4.78, 5) is 50.6. The topological polar surface area (TPSA) is 116 Å². The molecule has 0 spiro atoms. The predicted molar refractivity (Wildman–Crippen MR) is 172 cm³/mol. The van der Waals surface area contributed by atoms with E-state index in [0.29, 0.717) is 54.3 Å². The van der Waals surface area contributed by atoms with Crippen LogP contribution in [0.4, 0.5) is 5.82 Å². The Labute approximate surface area is 260 Å². The standard InChI is InChI=1S/C35H33N5O5/c1-39(2)18-7-19-44-24-12-14-26-29(20-24)36-17-16-32(26)45-25-13-15-33(37-22-25)38-34(42)28-21-27-30(10-6-11-31(27)41)40(35(28)43)23-8-4-3-5-9-23/h3-5,8-9,12-17,20-22H,6-7,10-11,18-19H2,1-2H3,(H,37,38,42). The van der Waals surface area contributed by atoms with Crippen molar-refractivity contribution in [3.05, 3.63) is 112 Å². The molecule has 0 saturated carbocycles. The van der Waals surface area contributed by atoms with Gasteiger partial charge in [-0.1, -0.05) is 18.2 Å². The Bertz CT molecular complexity index is 1920. The molecular formula is C35H33N5O5. The van der Waals surface area contributed by atoms with Gasteiger partial charge in [-0.15, -0.1) is 0 Å². The highest BCUT2D eigenvalue weighted by molar-refractivity contribution is 6.06. The van der Waals surface area contributed by atoms with Crippen molar-refractivity contribution in [2.45, 2.75) is 25.7 Å². The Kier molecular flexibility index (Phi) is 8.65. The number of para-hydroxylation sites is 1. The van der Waals surface area contributed by atoms with Gasteiger partial charge in [0.05, 0.1) is 18.3 Å². The molecule has 0 unspecified atom stereocenters. The number of rotatable bonds is 10. The third kappa shape index (κ3) is 6.61. The molecule has 1 aliphatic carbocycles. The van der Waals surface area contributed by atoms with Crippen LogP contribution in [0.15, 0.2) is 90.0 Å². The smallest absolute Gasteiger partial charge is 0.268 e. The third-order valence-electron chi connectivity index (χ3n) is 7.58. The first-order chi connectivity index (χ1) is 21.9. The van der Waals surface area contributed by atoms with E-state index >= 15 is 0 Å². The van der Waals surface area contributed by atoms with Gasteiger partial charge in [0.2, 0.25) is 0 Å². The molecule has 1 amide bonds. The van der Waals surface area contributed by atoms with Gasteiger partial charge in [0.1, 0.15) is 28.6 Å². The number of hydrogen-bond donors (Lipinski definition) is 1. The highest BCUT2D eigenvalue weighted by Gasteiger charge is 2.26. The van der Waals surface area contributed by atoms with Crippen LogP contribution < -0.4 is 20.3 Å². The molecule has 1 N–H and O–H groups in total. The van der Waals surface area contributed by atoms with Crippen LogP contribution >= 0.6 is 0 Å². The number of hydrogen-bond acceptors (Lipinski definition) is 8. The van der Waals surface area contributed by atoms with Crippen molar-refractivity contribution in [2.24, 2.45) is 0 Å². The lowest BCUT2D eigenvalue weighted by Gasteiger charge is -2.21. The second-order valence-corrected chi connectivity index (χ2v) is 11.1. The summed E-state index contributed by atoms with van der Waals surface area (Å²) in [6, 6.07) is 21.2. The third-order valence-corrected chi connectivity index (χ3v) is 7.58. The van der Waals surface area contributed by atoms with Crippen LogP contribution in [0.25, 0.3) is 16.6 Å². The molecule has 1 aliphatic rings. The summed E-state index contributed by atoms with van der Waals surface area (Å²) in [5.41, 5.74) is 1.76. The lowest BCUT2D eigenvalue weighted by atomic mass is 9.92. The van der Waals surface area contributed by atoms with Crippen LogP contribution in [0.1, 0.15) is 45.7 Å². The average molecular weight is 604 g/mol. The molecule has 0 bridgehead atoms. The number of amides is 1. The summed E-state index contributed by atoms with van der Waals surface area (Å²) in [6.45, 7) is 1.56. The predicted octanol–water partition coefficient (Wildman–Crippen LogP) is 5.67. The van der Waals surface area contributed by atoms with E-state index in [1.807, 2.05) is 50.5 Å². The fourth-order valence-corrected chi connectivity index (χ4v) is 5.38. The van der Waals surface area contributed by atoms with Crippen molar-refractivity contribution in [1.82, 2.24) is 19.4 Å². The SMILES string of the molecule is CN(C)CCCOc1ccc2c(Oc3ccc(NC(=O)c4cc5c(n(-c6ccccc6)c4=O)CCCC5=O)nc3)ccnc2c1. The normalized spacial score (nSPS) is 12.6. The monoisotopic (exact) mass is 603 g/mol. The van der Waals surface area contributed by atoms with Gasteiger partial charge < -0.3 is 19.7 Å². The highest BCUT2D eigenvalue weighted by atomic mass is 16.5. The molecule has 5 aromatic rings. The quantitative estimate of drug-likeness (QED) is 0.203. The summed E-state index contributed by atoms with van der Waals surface area (Å²) in [5.74, 6) is 1.30. The molecule has 10 heteroatoms. The van der Waals surface area contributed by atoms with Gasteiger partial charge >= 0.3 is 0 Å². The van der Waals surface area contributed by atoms with Crippen molar-refractivity contribution in [3.8, 4) is 22.9 Å². The number of carbonyl (C=O) groups excluding carboxylic acids is 2. The number of nitrogens with one attached hydrogen (secondary N) is 1. The number of ketones is 1. The van der Waals surface area contributed by atoms with Crippen LogP contribution in [-0.2, 0) is 6.42 Å². The van der Waals surface area contributed by atoms with E-state index in [9.17, 15) is 14.4 Å². The molecule has 45 heavy (non-hydrogen) atoms. The number of fused-ring (bicyclic) bond motifs is 2. The minimum atomic E-state index is -0.646. The van der Waals surface area contributed by atoms with Crippen LogP contribution in [-0.4, -0.2) is 58.4 Å². The maximum absolute atomic E-state index is 13.6. The summed E-state index contributed by atoms with van der Waals surface area (Å²) in [5, 5.41) is 3.51. The van der Waals surface area contributed by atoms with Gasteiger partial charge in [-0.05, 0) is 81.9 Å². The zero-order valence-corrected chi connectivity index (χ0v) is 25.2. The molecule has 0 saturated heterocycles. The minimum absolute atomic E-state index is 0.0815. The molecule has 6 rings (SSSR count). The number of nitrogens with zero attached hydrogens (tertiary/aromatic N) is 4. The van der Waals surface area contributed by atoms with E-state index in [0.717, 1.165) is 29.6 Å². The summed E-state index contributed by atoms with van der Waals surface area (Å²) in [6.07, 6.45) is 5.69. The number of aromatic nitrogens is 3. The van der Waals surface area contributed by atoms with E-state index < -0.39 is 11.5 Å². The first-order valence-electron chi connectivity index (χ1n) is 14.9. The Morgan fingerprint density at radius 2 is 1.78 bits per heavy atom. The second kappa shape index (κ2) is 13.1. The lowest BCUT2D eigenvalue weighted by molar-refractivity contribution is 0.0971. The highest BCUT2D eigenvalue weighted by Crippen LogP contribution is 2.31. The molecule has 0 atom stereocenters. The minimum Gasteiger partial charge on any atom is -0.493 e. The number of pyridine rings is 3. The van der Waals surface area contributed by atoms with Gasteiger partial charge in [0.25, 0.3) is 11.5 Å². The maximum atomic E-state index is 13.6. The molecule has 3 aromatic heterocycles. The Balaban J connectivity index is 1.18. The van der Waals surface area contributed by atoms with Gasteiger partial charge in [-0.25, -0.2) is 4.98 Å². The number of Topliss-reactive ketones (excluding diaryl/α,β-unsaturated/α-hetero) is 1. The van der Waals surface area contributed by atoms with E-state index in [2.05, 4.69) is 20.2 Å². The zero-order chi connectivity index (χ0) is 31.3. The van der Waals surface area contributed by atoms with Gasteiger partial charge in [-0.2, -0.15) is 0 Å². The van der Waals surface area contributed by atoms with Gasteiger partial charge in [-0.3, -0.25) is 23.9 Å². The van der Waals surface area contributed by atoms with Crippen molar-refractivity contribution in [3.63, 3.8) is 0 Å². The molecule has 10 nitrogen and oxygen atoms in total. The van der Waals surface area contributed by atoms with Crippen LogP contribution in [0.2, 0.25) is 0 Å². The second-order valence-electron chi connectivity index (χ2n) is 11.1. The van der Waals surface area contributed by atoms with Gasteiger partial charge in [0.15, 0.2) is 5.78 Å². The van der Waals surface area contributed by atoms with E-state index in [-0.39, 0.29) is 17.2 Å².